The van der Waals surface area contributed by atoms with E-state index >= 15 is 0 Å². The Morgan fingerprint density at radius 3 is 2.71 bits per heavy atom. The monoisotopic (exact) mass is 114 g/mol. The summed E-state index contributed by atoms with van der Waals surface area (Å²) in [5.74, 6) is 0. The highest BCUT2D eigenvalue weighted by Gasteiger charge is 1.77. The van der Waals surface area contributed by atoms with Crippen LogP contribution in [0.3, 0.4) is 0 Å². The smallest absolute Gasteiger partial charge is 0.0939 e. The van der Waals surface area contributed by atoms with E-state index in [0.717, 1.165) is 0 Å². The summed E-state index contributed by atoms with van der Waals surface area (Å²) >= 11 is 1.37. The number of nitriles is 1. The topological polar surface area (TPSA) is 49.8 Å². The number of allylic oxidation sites excluding steroid dienone is 1. The summed E-state index contributed by atoms with van der Waals surface area (Å²) in [6.07, 6.45) is 3.13. The van der Waals surface area contributed by atoms with Crippen LogP contribution in [0.15, 0.2) is 11.1 Å². The van der Waals surface area contributed by atoms with Gasteiger partial charge in [0, 0.05) is 6.08 Å². The van der Waals surface area contributed by atoms with Gasteiger partial charge in [-0.1, -0.05) is 0 Å². The van der Waals surface area contributed by atoms with Crippen molar-refractivity contribution in [1.29, 1.82) is 5.26 Å². The van der Waals surface area contributed by atoms with Crippen LogP contribution in [0.5, 0.6) is 0 Å². The second-order valence-electron chi connectivity index (χ2n) is 0.880. The van der Waals surface area contributed by atoms with Crippen molar-refractivity contribution in [3.63, 3.8) is 0 Å². The van der Waals surface area contributed by atoms with E-state index in [1.165, 1.54) is 17.8 Å². The average Bonchev–Trinajstić information content (AvgIpc) is 1.68. The quantitative estimate of drug-likeness (QED) is 0.510. The number of rotatable bonds is 1. The van der Waals surface area contributed by atoms with Gasteiger partial charge in [0.05, 0.1) is 11.1 Å². The summed E-state index contributed by atoms with van der Waals surface area (Å²) in [7, 11) is 0. The molecule has 0 saturated heterocycles. The second kappa shape index (κ2) is 3.57. The molecule has 0 aliphatic carbocycles. The van der Waals surface area contributed by atoms with Gasteiger partial charge in [0.2, 0.25) is 0 Å². The first kappa shape index (κ1) is 6.38. The molecular formula is C4H6N2S. The van der Waals surface area contributed by atoms with Crippen LogP contribution in [0.2, 0.25) is 0 Å². The maximum atomic E-state index is 7.95. The lowest BCUT2D eigenvalue weighted by Crippen LogP contribution is -1.88. The zero-order chi connectivity index (χ0) is 5.70. The Morgan fingerprint density at radius 1 is 2.00 bits per heavy atom. The van der Waals surface area contributed by atoms with Crippen LogP contribution < -0.4 is 5.73 Å². The first-order valence-electron chi connectivity index (χ1n) is 1.70. The minimum atomic E-state index is 0.558. The van der Waals surface area contributed by atoms with Crippen LogP contribution in [0, 0.1) is 11.3 Å². The van der Waals surface area contributed by atoms with Crippen molar-refractivity contribution in [2.75, 3.05) is 6.26 Å². The van der Waals surface area contributed by atoms with Crippen molar-refractivity contribution in [3.8, 4) is 6.07 Å². The fraction of sp³-hybridized carbons (Fsp3) is 0.250. The summed E-state index contributed by atoms with van der Waals surface area (Å²) in [6.45, 7) is 0. The van der Waals surface area contributed by atoms with Crippen LogP contribution in [0.4, 0.5) is 0 Å². The second-order valence-corrected chi connectivity index (χ2v) is 1.76. The van der Waals surface area contributed by atoms with E-state index in [1.807, 2.05) is 12.3 Å². The van der Waals surface area contributed by atoms with Crippen molar-refractivity contribution >= 4 is 11.8 Å². The maximum absolute atomic E-state index is 7.95. The Hall–Kier alpha value is -0.620. The number of thioether (sulfide) groups is 1. The third-order valence-electron chi connectivity index (χ3n) is 0.443. The molecule has 0 saturated carbocycles. The zero-order valence-electron chi connectivity index (χ0n) is 4.01. The van der Waals surface area contributed by atoms with E-state index in [-0.39, 0.29) is 0 Å². The van der Waals surface area contributed by atoms with Gasteiger partial charge in [-0.3, -0.25) is 0 Å². The highest BCUT2D eigenvalue weighted by atomic mass is 32.2. The van der Waals surface area contributed by atoms with Gasteiger partial charge >= 0.3 is 0 Å². The molecule has 2 N–H and O–H groups in total. The fourth-order valence-corrected chi connectivity index (χ4v) is 0.293. The van der Waals surface area contributed by atoms with Crippen molar-refractivity contribution < 1.29 is 0 Å². The van der Waals surface area contributed by atoms with Crippen LogP contribution in [0.1, 0.15) is 0 Å². The molecule has 0 radical (unpaired) electrons. The minimum Gasteiger partial charge on any atom is -0.393 e. The summed E-state index contributed by atoms with van der Waals surface area (Å²) < 4.78 is 0. The van der Waals surface area contributed by atoms with Gasteiger partial charge in [0.1, 0.15) is 0 Å². The van der Waals surface area contributed by atoms with Crippen molar-refractivity contribution in [1.82, 2.24) is 0 Å². The molecule has 0 unspecified atom stereocenters. The molecule has 0 fully saturated rings. The van der Waals surface area contributed by atoms with Crippen molar-refractivity contribution in [2.24, 2.45) is 5.73 Å². The highest BCUT2D eigenvalue weighted by Crippen LogP contribution is 2.00. The Morgan fingerprint density at radius 2 is 2.57 bits per heavy atom. The Labute approximate surface area is 47.0 Å². The molecule has 2 nitrogen and oxygen atoms in total. The van der Waals surface area contributed by atoms with Gasteiger partial charge in [-0.05, 0) is 6.26 Å². The Bertz CT molecular complexity index is 111. The van der Waals surface area contributed by atoms with Crippen LogP contribution in [-0.2, 0) is 0 Å². The van der Waals surface area contributed by atoms with Crippen LogP contribution >= 0.6 is 11.8 Å². The molecule has 0 rings (SSSR count). The predicted molar refractivity (Wildman–Crippen MR) is 31.4 cm³/mol. The number of nitrogens with two attached hydrogens (primary N) is 1. The van der Waals surface area contributed by atoms with E-state index in [0.29, 0.717) is 5.03 Å². The number of hydrogen-bond acceptors (Lipinski definition) is 3. The summed E-state index contributed by atoms with van der Waals surface area (Å²) in [5, 5.41) is 8.51. The molecule has 0 heterocycles. The minimum absolute atomic E-state index is 0.558. The Balaban J connectivity index is 3.56. The molecule has 0 bridgehead atoms. The largest absolute Gasteiger partial charge is 0.393 e. The van der Waals surface area contributed by atoms with E-state index < -0.39 is 0 Å². The standard InChI is InChI=1S/C4H6N2S/c1-7-4(6)2-3-5/h2H,6H2,1H3/b4-2-. The maximum Gasteiger partial charge on any atom is 0.0939 e. The van der Waals surface area contributed by atoms with E-state index in [4.69, 9.17) is 11.0 Å². The van der Waals surface area contributed by atoms with Gasteiger partial charge in [-0.2, -0.15) is 5.26 Å². The normalized spacial score (nSPS) is 10.6. The zero-order valence-corrected chi connectivity index (χ0v) is 4.83. The first-order chi connectivity index (χ1) is 3.31. The average molecular weight is 114 g/mol. The van der Waals surface area contributed by atoms with E-state index in [2.05, 4.69) is 0 Å². The van der Waals surface area contributed by atoms with Gasteiger partial charge in [-0.15, -0.1) is 11.8 Å². The highest BCUT2D eigenvalue weighted by molar-refractivity contribution is 8.02. The van der Waals surface area contributed by atoms with Crippen LogP contribution in [0.25, 0.3) is 0 Å². The molecule has 0 aromatic carbocycles. The van der Waals surface area contributed by atoms with Gasteiger partial charge in [-0.25, -0.2) is 0 Å². The summed E-state index contributed by atoms with van der Waals surface area (Å²) in [6, 6.07) is 1.81. The summed E-state index contributed by atoms with van der Waals surface area (Å²) in [4.78, 5) is 0. The lowest BCUT2D eigenvalue weighted by molar-refractivity contribution is 1.50. The molecule has 0 atom stereocenters. The lowest BCUT2D eigenvalue weighted by Gasteiger charge is -1.84. The van der Waals surface area contributed by atoms with E-state index in [9.17, 15) is 0 Å². The molecule has 7 heavy (non-hydrogen) atoms. The van der Waals surface area contributed by atoms with Crippen molar-refractivity contribution in [2.45, 2.75) is 0 Å². The van der Waals surface area contributed by atoms with Crippen molar-refractivity contribution in [3.05, 3.63) is 11.1 Å². The molecule has 0 aliphatic rings. The number of nitrogens with zero attached hydrogens (tertiary/aromatic N) is 1. The first-order valence-corrected chi connectivity index (χ1v) is 2.93. The molecule has 0 spiro atoms. The van der Waals surface area contributed by atoms with Gasteiger partial charge in [0.25, 0.3) is 0 Å². The molecule has 0 aromatic rings. The lowest BCUT2D eigenvalue weighted by atomic mass is 10.7. The van der Waals surface area contributed by atoms with Crippen LogP contribution in [-0.4, -0.2) is 6.26 Å². The third kappa shape index (κ3) is 3.20. The molecule has 0 amide bonds. The Kier molecular flexibility index (Phi) is 3.25. The fourth-order valence-electron chi connectivity index (χ4n) is 0.123. The SMILES string of the molecule is CS/C(N)=C\C#N. The third-order valence-corrected chi connectivity index (χ3v) is 1.03. The molecular weight excluding hydrogens is 108 g/mol. The molecule has 0 aliphatic heterocycles. The predicted octanol–water partition coefficient (Wildman–Crippen LogP) is 0.673. The summed E-state index contributed by atoms with van der Waals surface area (Å²) in [5.41, 5.74) is 5.19. The molecule has 0 aromatic heterocycles. The van der Waals surface area contributed by atoms with E-state index in [1.54, 1.807) is 0 Å². The number of hydrogen-bond donors (Lipinski definition) is 1. The van der Waals surface area contributed by atoms with Gasteiger partial charge in [0.15, 0.2) is 0 Å². The van der Waals surface area contributed by atoms with Gasteiger partial charge < -0.3 is 5.73 Å². The molecule has 3 heteroatoms. The molecule has 38 valence electrons.